The lowest BCUT2D eigenvalue weighted by Gasteiger charge is -2.23. The minimum absolute atomic E-state index is 0.0617. The maximum Gasteiger partial charge on any atom is 0.119 e. The Morgan fingerprint density at radius 1 is 1.20 bits per heavy atom. The Morgan fingerprint density at radius 3 is 2.45 bits per heavy atom. The maximum absolute atomic E-state index is 9.58. The molecule has 3 N–H and O–H groups in total. The number of hydrogen-bond donors (Lipinski definition) is 3. The molecule has 2 atom stereocenters. The van der Waals surface area contributed by atoms with Crippen molar-refractivity contribution in [3.05, 3.63) is 46.2 Å². The predicted molar refractivity (Wildman–Crippen MR) is 83.3 cm³/mol. The highest BCUT2D eigenvalue weighted by atomic mass is 32.1. The topological polar surface area (TPSA) is 52.5 Å². The average Bonchev–Trinajstić information content (AvgIpc) is 2.90. The van der Waals surface area contributed by atoms with E-state index in [4.69, 9.17) is 0 Å². The molecule has 0 aliphatic rings. The van der Waals surface area contributed by atoms with Crippen LogP contribution in [0, 0.1) is 0 Å². The molecule has 1 aromatic carbocycles. The number of aromatic hydroxyl groups is 2. The van der Waals surface area contributed by atoms with Crippen LogP contribution in [0.1, 0.15) is 49.2 Å². The number of benzene rings is 1. The van der Waals surface area contributed by atoms with E-state index in [0.717, 1.165) is 18.4 Å². The standard InChI is InChI=1S/C16H21NO2S/c1-3-5-15(16-6-4-7-20-16)17-11(2)12-8-13(18)10-14(19)9-12/h4,6-11,15,17-19H,3,5H2,1-2H3. The fraction of sp³-hybridized carbons (Fsp3) is 0.375. The summed E-state index contributed by atoms with van der Waals surface area (Å²) in [6.45, 7) is 4.22. The van der Waals surface area contributed by atoms with Crippen LogP contribution >= 0.6 is 11.3 Å². The van der Waals surface area contributed by atoms with Crippen LogP contribution in [-0.4, -0.2) is 10.2 Å². The van der Waals surface area contributed by atoms with Crippen LogP contribution < -0.4 is 5.32 Å². The minimum atomic E-state index is 0.0617. The summed E-state index contributed by atoms with van der Waals surface area (Å²) in [4.78, 5) is 1.32. The molecule has 1 heterocycles. The fourth-order valence-electron chi connectivity index (χ4n) is 2.35. The minimum Gasteiger partial charge on any atom is -0.508 e. The van der Waals surface area contributed by atoms with Crippen LogP contribution in [0.25, 0.3) is 0 Å². The van der Waals surface area contributed by atoms with E-state index in [0.29, 0.717) is 6.04 Å². The Labute approximate surface area is 123 Å². The van der Waals surface area contributed by atoms with Gasteiger partial charge in [-0.1, -0.05) is 19.4 Å². The highest BCUT2D eigenvalue weighted by Crippen LogP contribution is 2.29. The first-order chi connectivity index (χ1) is 9.60. The first kappa shape index (κ1) is 14.9. The first-order valence-corrected chi connectivity index (χ1v) is 7.80. The second kappa shape index (κ2) is 6.77. The molecule has 0 bridgehead atoms. The Balaban J connectivity index is 2.13. The normalized spacial score (nSPS) is 14.1. The van der Waals surface area contributed by atoms with E-state index >= 15 is 0 Å². The zero-order valence-corrected chi connectivity index (χ0v) is 12.7. The fourth-order valence-corrected chi connectivity index (χ4v) is 3.17. The van der Waals surface area contributed by atoms with Gasteiger partial charge in [0.25, 0.3) is 0 Å². The number of thiophene rings is 1. The van der Waals surface area contributed by atoms with Crippen LogP contribution in [0.3, 0.4) is 0 Å². The van der Waals surface area contributed by atoms with Gasteiger partial charge in [-0.15, -0.1) is 11.3 Å². The summed E-state index contributed by atoms with van der Waals surface area (Å²) in [6, 6.07) is 9.30. The van der Waals surface area contributed by atoms with Crippen molar-refractivity contribution in [2.45, 2.75) is 38.8 Å². The molecule has 2 unspecified atom stereocenters. The Bertz CT molecular complexity index is 519. The van der Waals surface area contributed by atoms with Crippen molar-refractivity contribution in [2.75, 3.05) is 0 Å². The smallest absolute Gasteiger partial charge is 0.119 e. The van der Waals surface area contributed by atoms with E-state index < -0.39 is 0 Å². The van der Waals surface area contributed by atoms with Gasteiger partial charge in [-0.25, -0.2) is 0 Å². The van der Waals surface area contributed by atoms with Gasteiger partial charge in [0.05, 0.1) is 0 Å². The van der Waals surface area contributed by atoms with Crippen LogP contribution in [0.15, 0.2) is 35.7 Å². The lowest BCUT2D eigenvalue weighted by Crippen LogP contribution is -2.24. The first-order valence-electron chi connectivity index (χ1n) is 6.92. The van der Waals surface area contributed by atoms with E-state index in [-0.39, 0.29) is 17.5 Å². The molecular formula is C16H21NO2S. The summed E-state index contributed by atoms with van der Waals surface area (Å²) in [5.41, 5.74) is 0.889. The molecule has 4 heteroatoms. The zero-order valence-electron chi connectivity index (χ0n) is 11.8. The van der Waals surface area contributed by atoms with E-state index in [1.54, 1.807) is 23.5 Å². The predicted octanol–water partition coefficient (Wildman–Crippen LogP) is 4.35. The van der Waals surface area contributed by atoms with Crippen molar-refractivity contribution in [3.63, 3.8) is 0 Å². The molecule has 0 saturated heterocycles. The number of phenolic OH excluding ortho intramolecular Hbond substituents is 2. The second-order valence-electron chi connectivity index (χ2n) is 5.03. The zero-order chi connectivity index (χ0) is 14.5. The van der Waals surface area contributed by atoms with Gasteiger partial charge in [-0.3, -0.25) is 0 Å². The lowest BCUT2D eigenvalue weighted by atomic mass is 10.0. The maximum atomic E-state index is 9.58. The third kappa shape index (κ3) is 3.74. The number of hydrogen-bond acceptors (Lipinski definition) is 4. The summed E-state index contributed by atoms with van der Waals surface area (Å²) in [7, 11) is 0. The highest BCUT2D eigenvalue weighted by Gasteiger charge is 2.16. The van der Waals surface area contributed by atoms with Crippen molar-refractivity contribution in [1.29, 1.82) is 0 Å². The van der Waals surface area contributed by atoms with Crippen LogP contribution in [-0.2, 0) is 0 Å². The molecule has 1 aromatic heterocycles. The van der Waals surface area contributed by atoms with E-state index in [2.05, 4.69) is 29.8 Å². The SMILES string of the molecule is CCCC(NC(C)c1cc(O)cc(O)c1)c1cccs1. The molecular weight excluding hydrogens is 270 g/mol. The van der Waals surface area contributed by atoms with Crippen molar-refractivity contribution in [1.82, 2.24) is 5.32 Å². The molecule has 2 rings (SSSR count). The molecule has 0 aliphatic carbocycles. The summed E-state index contributed by atoms with van der Waals surface area (Å²) < 4.78 is 0. The lowest BCUT2D eigenvalue weighted by molar-refractivity contribution is 0.429. The van der Waals surface area contributed by atoms with Crippen molar-refractivity contribution in [2.24, 2.45) is 0 Å². The Hall–Kier alpha value is -1.52. The largest absolute Gasteiger partial charge is 0.508 e. The molecule has 108 valence electrons. The summed E-state index contributed by atoms with van der Waals surface area (Å²) in [6.07, 6.45) is 2.17. The molecule has 0 fully saturated rings. The average molecular weight is 291 g/mol. The number of phenols is 2. The summed E-state index contributed by atoms with van der Waals surface area (Å²) in [5.74, 6) is 0.189. The molecule has 2 aromatic rings. The van der Waals surface area contributed by atoms with Crippen LogP contribution in [0.2, 0.25) is 0 Å². The van der Waals surface area contributed by atoms with Gasteiger partial charge >= 0.3 is 0 Å². The van der Waals surface area contributed by atoms with Crippen LogP contribution in [0.5, 0.6) is 11.5 Å². The molecule has 3 nitrogen and oxygen atoms in total. The van der Waals surface area contributed by atoms with Gasteiger partial charge in [-0.05, 0) is 42.5 Å². The van der Waals surface area contributed by atoms with E-state index in [9.17, 15) is 10.2 Å². The van der Waals surface area contributed by atoms with E-state index in [1.807, 2.05) is 6.92 Å². The number of nitrogens with one attached hydrogen (secondary N) is 1. The van der Waals surface area contributed by atoms with Gasteiger partial charge in [-0.2, -0.15) is 0 Å². The molecule has 0 spiro atoms. The third-order valence-corrected chi connectivity index (χ3v) is 4.33. The van der Waals surface area contributed by atoms with Crippen molar-refractivity contribution < 1.29 is 10.2 Å². The molecule has 20 heavy (non-hydrogen) atoms. The quantitative estimate of drug-likeness (QED) is 0.741. The van der Waals surface area contributed by atoms with Gasteiger partial charge in [0.2, 0.25) is 0 Å². The van der Waals surface area contributed by atoms with Crippen LogP contribution in [0.4, 0.5) is 0 Å². The summed E-state index contributed by atoms with van der Waals surface area (Å²) in [5, 5.41) is 24.8. The van der Waals surface area contributed by atoms with E-state index in [1.165, 1.54) is 10.9 Å². The van der Waals surface area contributed by atoms with Gasteiger partial charge in [0.1, 0.15) is 11.5 Å². The number of rotatable bonds is 6. The second-order valence-corrected chi connectivity index (χ2v) is 6.01. The molecule has 0 radical (unpaired) electrons. The van der Waals surface area contributed by atoms with Crippen molar-refractivity contribution >= 4 is 11.3 Å². The summed E-state index contributed by atoms with van der Waals surface area (Å²) >= 11 is 1.75. The molecule has 0 aliphatic heterocycles. The van der Waals surface area contributed by atoms with Gasteiger partial charge in [0.15, 0.2) is 0 Å². The van der Waals surface area contributed by atoms with Crippen molar-refractivity contribution in [3.8, 4) is 11.5 Å². The van der Waals surface area contributed by atoms with Gasteiger partial charge in [0, 0.05) is 23.0 Å². The van der Waals surface area contributed by atoms with Gasteiger partial charge < -0.3 is 15.5 Å². The Morgan fingerprint density at radius 2 is 1.90 bits per heavy atom. The highest BCUT2D eigenvalue weighted by molar-refractivity contribution is 7.10. The Kier molecular flexibility index (Phi) is 5.04. The molecule has 0 amide bonds. The third-order valence-electron chi connectivity index (χ3n) is 3.34. The monoisotopic (exact) mass is 291 g/mol. The molecule has 0 saturated carbocycles.